The minimum Gasteiger partial charge on any atom is -0.353 e. The van der Waals surface area contributed by atoms with Crippen LogP contribution in [0.2, 0.25) is 0 Å². The minimum absolute atomic E-state index is 0.119. The number of benzene rings is 1. The van der Waals surface area contributed by atoms with Crippen molar-refractivity contribution in [1.29, 1.82) is 0 Å². The monoisotopic (exact) mass is 337 g/mol. The summed E-state index contributed by atoms with van der Waals surface area (Å²) in [5.74, 6) is -0.553. The lowest BCUT2D eigenvalue weighted by atomic mass is 10.0. The summed E-state index contributed by atoms with van der Waals surface area (Å²) in [6, 6.07) is 3.87. The Labute approximate surface area is 135 Å². The Hall–Kier alpha value is -1.93. The number of rotatable bonds is 3. The van der Waals surface area contributed by atoms with E-state index in [1.54, 1.807) is 6.07 Å². The first-order chi connectivity index (χ1) is 10.8. The Kier molecular flexibility index (Phi) is 3.89. The molecule has 1 saturated heterocycles. The number of carbonyl (C=O) groups excluding carboxylic acids is 2. The van der Waals surface area contributed by atoms with Gasteiger partial charge in [0, 0.05) is 18.8 Å². The molecule has 124 valence electrons. The van der Waals surface area contributed by atoms with Crippen LogP contribution in [0, 0.1) is 5.92 Å². The van der Waals surface area contributed by atoms with E-state index in [-0.39, 0.29) is 35.6 Å². The van der Waals surface area contributed by atoms with Crippen molar-refractivity contribution in [3.8, 4) is 0 Å². The van der Waals surface area contributed by atoms with Crippen LogP contribution < -0.4 is 10.6 Å². The number of hydrogen-bond acceptors (Lipinski definition) is 4. The second-order valence-electron chi connectivity index (χ2n) is 6.14. The fraction of sp³-hybridized carbons (Fsp3) is 0.467. The van der Waals surface area contributed by atoms with Crippen molar-refractivity contribution in [2.24, 2.45) is 5.92 Å². The summed E-state index contributed by atoms with van der Waals surface area (Å²) in [6.07, 6.45) is 0.173. The maximum Gasteiger partial charge on any atom is 0.243 e. The molecular formula is C15H19N3O4S. The molecule has 1 unspecified atom stereocenters. The molecule has 0 saturated carbocycles. The van der Waals surface area contributed by atoms with Crippen LogP contribution >= 0.6 is 0 Å². The van der Waals surface area contributed by atoms with E-state index in [1.807, 2.05) is 13.8 Å². The molecule has 0 aromatic heterocycles. The molecule has 0 spiro atoms. The lowest BCUT2D eigenvalue weighted by Crippen LogP contribution is -2.58. The van der Waals surface area contributed by atoms with Gasteiger partial charge in [-0.2, -0.15) is 4.31 Å². The average molecular weight is 337 g/mol. The highest BCUT2D eigenvalue weighted by atomic mass is 32.2. The lowest BCUT2D eigenvalue weighted by Gasteiger charge is -2.36. The first-order valence-electron chi connectivity index (χ1n) is 7.53. The zero-order chi connectivity index (χ0) is 16.8. The van der Waals surface area contributed by atoms with Crippen molar-refractivity contribution in [2.45, 2.75) is 31.2 Å². The fourth-order valence-electron chi connectivity index (χ4n) is 3.07. The van der Waals surface area contributed by atoms with E-state index in [0.717, 1.165) is 0 Å². The molecule has 0 bridgehead atoms. The van der Waals surface area contributed by atoms with Crippen molar-refractivity contribution in [1.82, 2.24) is 9.62 Å². The van der Waals surface area contributed by atoms with Crippen molar-refractivity contribution in [2.75, 3.05) is 18.4 Å². The Morgan fingerprint density at radius 2 is 2.00 bits per heavy atom. The van der Waals surface area contributed by atoms with Crippen molar-refractivity contribution in [3.63, 3.8) is 0 Å². The maximum absolute atomic E-state index is 13.0. The third-order valence-corrected chi connectivity index (χ3v) is 6.03. The largest absolute Gasteiger partial charge is 0.353 e. The van der Waals surface area contributed by atoms with Gasteiger partial charge in [0.05, 0.1) is 11.3 Å². The highest BCUT2D eigenvalue weighted by Gasteiger charge is 2.40. The summed E-state index contributed by atoms with van der Waals surface area (Å²) in [5, 5.41) is 5.39. The molecule has 2 N–H and O–H groups in total. The minimum atomic E-state index is -3.79. The molecule has 0 aliphatic carbocycles. The van der Waals surface area contributed by atoms with Gasteiger partial charge in [-0.1, -0.05) is 13.8 Å². The summed E-state index contributed by atoms with van der Waals surface area (Å²) in [7, 11) is -3.79. The van der Waals surface area contributed by atoms with Gasteiger partial charge in [0.25, 0.3) is 0 Å². The Morgan fingerprint density at radius 3 is 2.70 bits per heavy atom. The van der Waals surface area contributed by atoms with E-state index in [1.165, 1.54) is 16.4 Å². The number of nitrogens with zero attached hydrogens (tertiary/aromatic N) is 1. The molecular weight excluding hydrogens is 318 g/mol. The number of anilines is 1. The summed E-state index contributed by atoms with van der Waals surface area (Å²) in [5.41, 5.74) is 1.31. The molecule has 8 heteroatoms. The van der Waals surface area contributed by atoms with Crippen molar-refractivity contribution < 1.29 is 18.0 Å². The van der Waals surface area contributed by atoms with Crippen LogP contribution in [0.1, 0.15) is 19.4 Å². The molecule has 2 amide bonds. The van der Waals surface area contributed by atoms with Gasteiger partial charge in [-0.15, -0.1) is 0 Å². The van der Waals surface area contributed by atoms with Gasteiger partial charge in [0.1, 0.15) is 6.04 Å². The van der Waals surface area contributed by atoms with Gasteiger partial charge in [-0.25, -0.2) is 8.42 Å². The Morgan fingerprint density at radius 1 is 1.26 bits per heavy atom. The van der Waals surface area contributed by atoms with Crippen LogP contribution in [-0.2, 0) is 26.0 Å². The van der Waals surface area contributed by atoms with E-state index in [4.69, 9.17) is 0 Å². The van der Waals surface area contributed by atoms with Crippen LogP contribution in [0.25, 0.3) is 0 Å². The zero-order valence-electron chi connectivity index (χ0n) is 13.0. The number of amides is 2. The number of carbonyl (C=O) groups is 2. The molecule has 1 aromatic rings. The molecule has 1 atom stereocenters. The number of hydrogen-bond donors (Lipinski definition) is 2. The number of sulfonamides is 1. The van der Waals surface area contributed by atoms with Crippen LogP contribution in [0.5, 0.6) is 0 Å². The number of piperazine rings is 1. The third-order valence-electron chi connectivity index (χ3n) is 4.15. The van der Waals surface area contributed by atoms with E-state index < -0.39 is 16.1 Å². The highest BCUT2D eigenvalue weighted by Crippen LogP contribution is 2.29. The standard InChI is InChI=1S/C15H19N3O4S/c1-9(2)14-15(20)16-5-6-18(14)23(21,22)11-3-4-12-10(7-11)8-13(19)17-12/h3-4,7,9,14H,5-6,8H2,1-2H3,(H,16,20)(H,17,19). The maximum atomic E-state index is 13.0. The number of nitrogens with one attached hydrogen (secondary N) is 2. The molecule has 2 heterocycles. The first-order valence-corrected chi connectivity index (χ1v) is 8.97. The highest BCUT2D eigenvalue weighted by molar-refractivity contribution is 7.89. The predicted molar refractivity (Wildman–Crippen MR) is 84.3 cm³/mol. The van der Waals surface area contributed by atoms with Gasteiger partial charge in [0.15, 0.2) is 0 Å². The molecule has 1 aromatic carbocycles. The second kappa shape index (κ2) is 5.61. The normalized spacial score (nSPS) is 22.0. The molecule has 1 fully saturated rings. The van der Waals surface area contributed by atoms with Gasteiger partial charge in [0.2, 0.25) is 21.8 Å². The molecule has 2 aliphatic heterocycles. The first kappa shape index (κ1) is 15.9. The SMILES string of the molecule is CC(C)C1C(=O)NCCN1S(=O)(=O)c1ccc2c(c1)CC(=O)N2. The Balaban J connectivity index is 1.99. The third kappa shape index (κ3) is 2.72. The summed E-state index contributed by atoms with van der Waals surface area (Å²) in [4.78, 5) is 23.6. The smallest absolute Gasteiger partial charge is 0.243 e. The van der Waals surface area contributed by atoms with Crippen molar-refractivity contribution in [3.05, 3.63) is 23.8 Å². The molecule has 7 nitrogen and oxygen atoms in total. The average Bonchev–Trinajstić information content (AvgIpc) is 2.85. The van der Waals surface area contributed by atoms with E-state index in [2.05, 4.69) is 10.6 Å². The van der Waals surface area contributed by atoms with E-state index in [0.29, 0.717) is 17.8 Å². The quantitative estimate of drug-likeness (QED) is 0.831. The summed E-state index contributed by atoms with van der Waals surface area (Å²) < 4.78 is 27.2. The summed E-state index contributed by atoms with van der Waals surface area (Å²) >= 11 is 0. The number of fused-ring (bicyclic) bond motifs is 1. The second-order valence-corrected chi connectivity index (χ2v) is 8.03. The summed E-state index contributed by atoms with van der Waals surface area (Å²) in [6.45, 7) is 4.18. The van der Waals surface area contributed by atoms with E-state index in [9.17, 15) is 18.0 Å². The van der Waals surface area contributed by atoms with Crippen molar-refractivity contribution >= 4 is 27.5 Å². The van der Waals surface area contributed by atoms with Crippen LogP contribution in [0.4, 0.5) is 5.69 Å². The van der Waals surface area contributed by atoms with Crippen LogP contribution in [0.3, 0.4) is 0 Å². The molecule has 0 radical (unpaired) electrons. The fourth-order valence-corrected chi connectivity index (χ4v) is 4.84. The van der Waals surface area contributed by atoms with Gasteiger partial charge >= 0.3 is 0 Å². The van der Waals surface area contributed by atoms with Crippen LogP contribution in [-0.4, -0.2) is 43.7 Å². The predicted octanol–water partition coefficient (Wildman–Crippen LogP) is 0.326. The molecule has 2 aliphatic rings. The van der Waals surface area contributed by atoms with Gasteiger partial charge in [-0.3, -0.25) is 9.59 Å². The van der Waals surface area contributed by atoms with Gasteiger partial charge in [-0.05, 0) is 29.7 Å². The molecule has 3 rings (SSSR count). The Bertz CT molecular complexity index is 773. The van der Waals surface area contributed by atoms with Gasteiger partial charge < -0.3 is 10.6 Å². The van der Waals surface area contributed by atoms with E-state index >= 15 is 0 Å². The lowest BCUT2D eigenvalue weighted by molar-refractivity contribution is -0.128. The molecule has 23 heavy (non-hydrogen) atoms. The zero-order valence-corrected chi connectivity index (χ0v) is 13.8. The van der Waals surface area contributed by atoms with Crippen LogP contribution in [0.15, 0.2) is 23.1 Å². The topological polar surface area (TPSA) is 95.6 Å².